The number of benzene rings is 2. The van der Waals surface area contributed by atoms with Crippen molar-refractivity contribution in [2.45, 2.75) is 6.92 Å². The first-order valence-corrected chi connectivity index (χ1v) is 9.10. The second-order valence-corrected chi connectivity index (χ2v) is 6.86. The minimum atomic E-state index is 0.178. The van der Waals surface area contributed by atoms with Crippen LogP contribution in [0.15, 0.2) is 53.0 Å². The quantitative estimate of drug-likeness (QED) is 0.580. The van der Waals surface area contributed by atoms with Gasteiger partial charge in [0.05, 0.1) is 12.3 Å². The van der Waals surface area contributed by atoms with Crippen molar-refractivity contribution in [1.82, 2.24) is 4.98 Å². The number of rotatable bonds is 4. The normalized spacial score (nSPS) is 10.4. The van der Waals surface area contributed by atoms with E-state index in [4.69, 9.17) is 22.1 Å². The highest BCUT2D eigenvalue weighted by atomic mass is 79.9. The standard InChI is InChI=1S/C20H15BrClN3O/c1-2-26-19-8-5-13(21)9-16(19)15-10-18(25-20(24)17(15)11-23)12-3-6-14(22)7-4-12/h3-10H,2H2,1H3,(H2,24,25). The molecule has 0 atom stereocenters. The number of nitrogens with two attached hydrogens (primary N) is 1. The van der Waals surface area contributed by atoms with Crippen LogP contribution in [0, 0.1) is 11.3 Å². The minimum absolute atomic E-state index is 0.178. The van der Waals surface area contributed by atoms with E-state index in [-0.39, 0.29) is 5.82 Å². The van der Waals surface area contributed by atoms with Gasteiger partial charge in [0.15, 0.2) is 0 Å². The Morgan fingerprint density at radius 3 is 2.54 bits per heavy atom. The zero-order chi connectivity index (χ0) is 18.7. The first kappa shape index (κ1) is 18.2. The van der Waals surface area contributed by atoms with E-state index in [1.165, 1.54) is 0 Å². The highest BCUT2D eigenvalue weighted by Gasteiger charge is 2.17. The molecule has 0 bridgehead atoms. The van der Waals surface area contributed by atoms with E-state index in [0.717, 1.165) is 15.6 Å². The number of nitriles is 1. The highest BCUT2D eigenvalue weighted by Crippen LogP contribution is 2.38. The maximum atomic E-state index is 9.61. The third-order valence-electron chi connectivity index (χ3n) is 3.83. The lowest BCUT2D eigenvalue weighted by atomic mass is 9.97. The molecule has 1 heterocycles. The maximum Gasteiger partial charge on any atom is 0.142 e. The molecule has 2 N–H and O–H groups in total. The Morgan fingerprint density at radius 1 is 1.15 bits per heavy atom. The molecule has 0 unspecified atom stereocenters. The number of anilines is 1. The molecule has 1 aromatic heterocycles. The molecule has 130 valence electrons. The Balaban J connectivity index is 2.25. The molecule has 3 aromatic rings. The van der Waals surface area contributed by atoms with Crippen molar-refractivity contribution in [1.29, 1.82) is 5.26 Å². The fourth-order valence-corrected chi connectivity index (χ4v) is 3.14. The van der Waals surface area contributed by atoms with E-state index in [9.17, 15) is 5.26 Å². The van der Waals surface area contributed by atoms with Crippen LogP contribution in [0.2, 0.25) is 5.02 Å². The first-order chi connectivity index (χ1) is 12.5. The van der Waals surface area contributed by atoms with Crippen LogP contribution < -0.4 is 10.5 Å². The van der Waals surface area contributed by atoms with Gasteiger partial charge in [-0.1, -0.05) is 39.7 Å². The average molecular weight is 429 g/mol. The van der Waals surface area contributed by atoms with Crippen molar-refractivity contribution in [2.75, 3.05) is 12.3 Å². The number of ether oxygens (including phenoxy) is 1. The number of halogens is 2. The molecular weight excluding hydrogens is 414 g/mol. The Bertz CT molecular complexity index is 997. The Kier molecular flexibility index (Phi) is 5.46. The average Bonchev–Trinajstić information content (AvgIpc) is 2.63. The summed E-state index contributed by atoms with van der Waals surface area (Å²) in [5.74, 6) is 0.859. The van der Waals surface area contributed by atoms with Crippen molar-refractivity contribution in [3.05, 3.63) is 63.6 Å². The van der Waals surface area contributed by atoms with Gasteiger partial charge in [-0.3, -0.25) is 0 Å². The van der Waals surface area contributed by atoms with E-state index in [2.05, 4.69) is 27.0 Å². The van der Waals surface area contributed by atoms with Crippen LogP contribution in [0.3, 0.4) is 0 Å². The van der Waals surface area contributed by atoms with Crippen molar-refractivity contribution in [2.24, 2.45) is 0 Å². The fourth-order valence-electron chi connectivity index (χ4n) is 2.66. The molecule has 0 aliphatic carbocycles. The Labute approximate surface area is 165 Å². The van der Waals surface area contributed by atoms with E-state index in [0.29, 0.717) is 34.2 Å². The number of pyridine rings is 1. The van der Waals surface area contributed by atoms with Gasteiger partial charge in [-0.2, -0.15) is 5.26 Å². The molecule has 0 spiro atoms. The largest absolute Gasteiger partial charge is 0.493 e. The molecule has 4 nitrogen and oxygen atoms in total. The summed E-state index contributed by atoms with van der Waals surface area (Å²) in [4.78, 5) is 4.39. The van der Waals surface area contributed by atoms with Crippen molar-refractivity contribution < 1.29 is 4.74 Å². The molecule has 26 heavy (non-hydrogen) atoms. The van der Waals surface area contributed by atoms with E-state index in [1.807, 2.05) is 43.3 Å². The summed E-state index contributed by atoms with van der Waals surface area (Å²) in [5.41, 5.74) is 9.39. The number of nitrogen functional groups attached to an aromatic ring is 1. The molecule has 0 aliphatic heterocycles. The van der Waals surface area contributed by atoms with Gasteiger partial charge in [-0.05, 0) is 43.3 Å². The monoisotopic (exact) mass is 427 g/mol. The lowest BCUT2D eigenvalue weighted by Crippen LogP contribution is -2.01. The van der Waals surface area contributed by atoms with Gasteiger partial charge >= 0.3 is 0 Å². The summed E-state index contributed by atoms with van der Waals surface area (Å²) < 4.78 is 6.62. The van der Waals surface area contributed by atoms with Crippen LogP contribution >= 0.6 is 27.5 Å². The number of nitrogens with zero attached hydrogens (tertiary/aromatic N) is 2. The molecule has 2 aromatic carbocycles. The fraction of sp³-hybridized carbons (Fsp3) is 0.100. The van der Waals surface area contributed by atoms with E-state index >= 15 is 0 Å². The van der Waals surface area contributed by atoms with Crippen LogP contribution in [0.5, 0.6) is 5.75 Å². The zero-order valence-corrected chi connectivity index (χ0v) is 16.3. The molecule has 0 fully saturated rings. The summed E-state index contributed by atoms with van der Waals surface area (Å²) in [6.45, 7) is 2.43. The topological polar surface area (TPSA) is 71.9 Å². The van der Waals surface area contributed by atoms with Crippen LogP contribution in [-0.4, -0.2) is 11.6 Å². The lowest BCUT2D eigenvalue weighted by molar-refractivity contribution is 0.341. The van der Waals surface area contributed by atoms with Crippen LogP contribution in [0.25, 0.3) is 22.4 Å². The van der Waals surface area contributed by atoms with Gasteiger partial charge in [0.25, 0.3) is 0 Å². The molecule has 0 saturated carbocycles. The second kappa shape index (κ2) is 7.77. The highest BCUT2D eigenvalue weighted by molar-refractivity contribution is 9.10. The number of aromatic nitrogens is 1. The number of hydrogen-bond donors (Lipinski definition) is 1. The predicted octanol–water partition coefficient (Wildman–Crippen LogP) is 5.68. The Morgan fingerprint density at radius 2 is 1.88 bits per heavy atom. The first-order valence-electron chi connectivity index (χ1n) is 7.92. The maximum absolute atomic E-state index is 9.61. The summed E-state index contributed by atoms with van der Waals surface area (Å²) in [6, 6.07) is 17.0. The van der Waals surface area contributed by atoms with Crippen molar-refractivity contribution in [3.63, 3.8) is 0 Å². The summed E-state index contributed by atoms with van der Waals surface area (Å²) in [6.07, 6.45) is 0. The van der Waals surface area contributed by atoms with Crippen LogP contribution in [0.1, 0.15) is 12.5 Å². The van der Waals surface area contributed by atoms with Gasteiger partial charge < -0.3 is 10.5 Å². The van der Waals surface area contributed by atoms with Gasteiger partial charge in [0.1, 0.15) is 23.2 Å². The van der Waals surface area contributed by atoms with E-state index < -0.39 is 0 Å². The summed E-state index contributed by atoms with van der Waals surface area (Å²) in [7, 11) is 0. The van der Waals surface area contributed by atoms with Gasteiger partial charge in [0, 0.05) is 26.2 Å². The summed E-state index contributed by atoms with van der Waals surface area (Å²) >= 11 is 9.45. The van der Waals surface area contributed by atoms with Crippen LogP contribution in [0.4, 0.5) is 5.82 Å². The zero-order valence-electron chi connectivity index (χ0n) is 14.0. The molecule has 0 radical (unpaired) electrons. The van der Waals surface area contributed by atoms with Gasteiger partial charge in [-0.15, -0.1) is 0 Å². The number of hydrogen-bond acceptors (Lipinski definition) is 4. The van der Waals surface area contributed by atoms with Crippen molar-refractivity contribution in [3.8, 4) is 34.2 Å². The smallest absolute Gasteiger partial charge is 0.142 e. The molecular formula is C20H15BrClN3O. The molecule has 0 amide bonds. The van der Waals surface area contributed by atoms with Crippen molar-refractivity contribution >= 4 is 33.3 Å². The van der Waals surface area contributed by atoms with Crippen LogP contribution in [-0.2, 0) is 0 Å². The van der Waals surface area contributed by atoms with E-state index in [1.54, 1.807) is 12.1 Å². The summed E-state index contributed by atoms with van der Waals surface area (Å²) in [5, 5.41) is 10.2. The third kappa shape index (κ3) is 3.67. The molecule has 0 aliphatic rings. The minimum Gasteiger partial charge on any atom is -0.493 e. The lowest BCUT2D eigenvalue weighted by Gasteiger charge is -2.14. The predicted molar refractivity (Wildman–Crippen MR) is 108 cm³/mol. The Hall–Kier alpha value is -2.55. The SMILES string of the molecule is CCOc1ccc(Br)cc1-c1cc(-c2ccc(Cl)cc2)nc(N)c1C#N. The van der Waals surface area contributed by atoms with Gasteiger partial charge in [-0.25, -0.2) is 4.98 Å². The molecule has 0 saturated heterocycles. The van der Waals surface area contributed by atoms with Gasteiger partial charge in [0.2, 0.25) is 0 Å². The molecule has 3 rings (SSSR count). The molecule has 6 heteroatoms. The second-order valence-electron chi connectivity index (χ2n) is 5.51. The third-order valence-corrected chi connectivity index (χ3v) is 4.58.